The minimum atomic E-state index is -0.513. The van der Waals surface area contributed by atoms with Crippen LogP contribution in [-0.2, 0) is 0 Å². The van der Waals surface area contributed by atoms with Gasteiger partial charge in [-0.2, -0.15) is 0 Å². The van der Waals surface area contributed by atoms with E-state index < -0.39 is 11.9 Å². The summed E-state index contributed by atoms with van der Waals surface area (Å²) in [5, 5.41) is 21.6. The second kappa shape index (κ2) is 5.97. The molecule has 0 saturated carbocycles. The number of amides is 1. The molecule has 1 amide bonds. The zero-order chi connectivity index (χ0) is 13.7. The van der Waals surface area contributed by atoms with Gasteiger partial charge >= 0.3 is 0 Å². The standard InChI is InChI=1S/C14H14N2O3/c17-9-12(10-4-2-1-3-5-10)16-14(19)11-6-7-15-8-13(11)18/h1-8,12,17-18H,9H2,(H,16,19)/t12-/m1/s1. The number of nitrogens with one attached hydrogen (secondary N) is 1. The number of nitrogens with zero attached hydrogens (tertiary/aromatic N) is 1. The highest BCUT2D eigenvalue weighted by Gasteiger charge is 2.16. The minimum absolute atomic E-state index is 0.129. The molecule has 0 unspecified atom stereocenters. The Hall–Kier alpha value is -2.40. The number of hydrogen-bond acceptors (Lipinski definition) is 4. The molecule has 98 valence electrons. The van der Waals surface area contributed by atoms with Crippen LogP contribution >= 0.6 is 0 Å². The average Bonchev–Trinajstić information content (AvgIpc) is 2.46. The number of rotatable bonds is 4. The van der Waals surface area contributed by atoms with Gasteiger partial charge in [-0.15, -0.1) is 0 Å². The number of aromatic hydroxyl groups is 1. The highest BCUT2D eigenvalue weighted by molar-refractivity contribution is 5.96. The molecule has 5 heteroatoms. The van der Waals surface area contributed by atoms with Crippen LogP contribution in [0.5, 0.6) is 5.75 Å². The van der Waals surface area contributed by atoms with E-state index in [4.69, 9.17) is 0 Å². The third-order valence-electron chi connectivity index (χ3n) is 2.73. The normalized spacial score (nSPS) is 11.8. The molecule has 0 aliphatic carbocycles. The molecule has 19 heavy (non-hydrogen) atoms. The fourth-order valence-corrected chi connectivity index (χ4v) is 1.73. The van der Waals surface area contributed by atoms with Crippen molar-refractivity contribution in [1.29, 1.82) is 0 Å². The molecule has 0 radical (unpaired) electrons. The van der Waals surface area contributed by atoms with Crippen molar-refractivity contribution in [3.8, 4) is 5.75 Å². The van der Waals surface area contributed by atoms with Gasteiger partial charge in [0.2, 0.25) is 0 Å². The second-order valence-electron chi connectivity index (χ2n) is 4.01. The van der Waals surface area contributed by atoms with Crippen molar-refractivity contribution < 1.29 is 15.0 Å². The number of carbonyl (C=O) groups is 1. The van der Waals surface area contributed by atoms with E-state index in [2.05, 4.69) is 10.3 Å². The van der Waals surface area contributed by atoms with E-state index >= 15 is 0 Å². The quantitative estimate of drug-likeness (QED) is 0.770. The number of carbonyl (C=O) groups excluding carboxylic acids is 1. The van der Waals surface area contributed by atoms with E-state index in [1.165, 1.54) is 18.5 Å². The summed E-state index contributed by atoms with van der Waals surface area (Å²) in [5.41, 5.74) is 0.927. The second-order valence-corrected chi connectivity index (χ2v) is 4.01. The third-order valence-corrected chi connectivity index (χ3v) is 2.73. The molecule has 1 heterocycles. The predicted molar refractivity (Wildman–Crippen MR) is 69.6 cm³/mol. The van der Waals surface area contributed by atoms with Crippen molar-refractivity contribution in [2.24, 2.45) is 0 Å². The molecule has 5 nitrogen and oxygen atoms in total. The fraction of sp³-hybridized carbons (Fsp3) is 0.143. The highest BCUT2D eigenvalue weighted by Crippen LogP contribution is 2.17. The van der Waals surface area contributed by atoms with Crippen molar-refractivity contribution in [1.82, 2.24) is 10.3 Å². The van der Waals surface area contributed by atoms with Crippen molar-refractivity contribution in [2.45, 2.75) is 6.04 Å². The van der Waals surface area contributed by atoms with Gasteiger partial charge in [-0.1, -0.05) is 30.3 Å². The molecule has 0 aliphatic heterocycles. The number of benzene rings is 1. The smallest absolute Gasteiger partial charge is 0.255 e. The molecule has 2 rings (SSSR count). The first-order chi connectivity index (χ1) is 9.22. The Morgan fingerprint density at radius 3 is 2.63 bits per heavy atom. The summed E-state index contributed by atoms with van der Waals surface area (Å²) in [5.74, 6) is -0.646. The van der Waals surface area contributed by atoms with E-state index in [9.17, 15) is 15.0 Å². The summed E-state index contributed by atoms with van der Waals surface area (Å²) in [6, 6.07) is 10.0. The molecular formula is C14H14N2O3. The lowest BCUT2D eigenvalue weighted by molar-refractivity contribution is 0.0913. The Morgan fingerprint density at radius 1 is 1.26 bits per heavy atom. The summed E-state index contributed by atoms with van der Waals surface area (Å²) in [4.78, 5) is 15.7. The first-order valence-electron chi connectivity index (χ1n) is 5.82. The number of aliphatic hydroxyl groups excluding tert-OH is 1. The molecule has 0 bridgehead atoms. The summed E-state index contributed by atoms with van der Waals surface area (Å²) >= 11 is 0. The first kappa shape index (κ1) is 13.0. The average molecular weight is 258 g/mol. The predicted octanol–water partition coefficient (Wildman–Crippen LogP) is 1.25. The van der Waals surface area contributed by atoms with Gasteiger partial charge in [-0.05, 0) is 11.6 Å². The van der Waals surface area contributed by atoms with E-state index in [0.29, 0.717) is 0 Å². The van der Waals surface area contributed by atoms with Crippen molar-refractivity contribution in [3.05, 3.63) is 59.9 Å². The maximum Gasteiger partial charge on any atom is 0.255 e. The number of hydrogen-bond donors (Lipinski definition) is 3. The lowest BCUT2D eigenvalue weighted by Gasteiger charge is -2.17. The van der Waals surface area contributed by atoms with Gasteiger partial charge in [-0.25, -0.2) is 0 Å². The molecule has 3 N–H and O–H groups in total. The number of aliphatic hydroxyl groups is 1. The van der Waals surface area contributed by atoms with Crippen molar-refractivity contribution in [3.63, 3.8) is 0 Å². The summed E-state index contributed by atoms with van der Waals surface area (Å²) in [6.45, 7) is -0.221. The Balaban J connectivity index is 2.16. The lowest BCUT2D eigenvalue weighted by atomic mass is 10.1. The molecule has 0 saturated heterocycles. The molecule has 0 spiro atoms. The summed E-state index contributed by atoms with van der Waals surface area (Å²) in [7, 11) is 0. The number of aromatic nitrogens is 1. The van der Waals surface area contributed by atoms with E-state index in [1.54, 1.807) is 0 Å². The SMILES string of the molecule is O=C(N[C@H](CO)c1ccccc1)c1ccncc1O. The molecule has 1 aromatic heterocycles. The first-order valence-corrected chi connectivity index (χ1v) is 5.82. The van der Waals surface area contributed by atoms with Gasteiger partial charge in [0, 0.05) is 6.20 Å². The van der Waals surface area contributed by atoms with E-state index in [-0.39, 0.29) is 17.9 Å². The zero-order valence-corrected chi connectivity index (χ0v) is 10.2. The van der Waals surface area contributed by atoms with Crippen LogP contribution in [0.25, 0.3) is 0 Å². The van der Waals surface area contributed by atoms with Crippen LogP contribution in [0.2, 0.25) is 0 Å². The fourth-order valence-electron chi connectivity index (χ4n) is 1.73. The van der Waals surface area contributed by atoms with Crippen LogP contribution in [0.3, 0.4) is 0 Å². The molecule has 0 fully saturated rings. The van der Waals surface area contributed by atoms with Crippen LogP contribution < -0.4 is 5.32 Å². The van der Waals surface area contributed by atoms with E-state index in [1.807, 2.05) is 30.3 Å². The number of pyridine rings is 1. The zero-order valence-electron chi connectivity index (χ0n) is 10.2. The Labute approximate surface area is 110 Å². The van der Waals surface area contributed by atoms with Crippen LogP contribution in [-0.4, -0.2) is 27.7 Å². The minimum Gasteiger partial charge on any atom is -0.505 e. The molecule has 1 atom stereocenters. The van der Waals surface area contributed by atoms with Gasteiger partial charge in [0.25, 0.3) is 5.91 Å². The van der Waals surface area contributed by atoms with Gasteiger partial charge in [0.15, 0.2) is 0 Å². The molecule has 0 aliphatic rings. The van der Waals surface area contributed by atoms with Gasteiger partial charge in [0.1, 0.15) is 5.75 Å². The van der Waals surface area contributed by atoms with Crippen LogP contribution in [0.15, 0.2) is 48.8 Å². The summed E-state index contributed by atoms with van der Waals surface area (Å²) in [6.07, 6.45) is 2.62. The van der Waals surface area contributed by atoms with Crippen molar-refractivity contribution >= 4 is 5.91 Å². The Morgan fingerprint density at radius 2 is 2.00 bits per heavy atom. The molecular weight excluding hydrogens is 244 g/mol. The van der Waals surface area contributed by atoms with Crippen molar-refractivity contribution in [2.75, 3.05) is 6.61 Å². The molecule has 1 aromatic carbocycles. The van der Waals surface area contributed by atoms with Crippen LogP contribution in [0.1, 0.15) is 22.0 Å². The van der Waals surface area contributed by atoms with Gasteiger partial charge < -0.3 is 15.5 Å². The van der Waals surface area contributed by atoms with Gasteiger partial charge in [-0.3, -0.25) is 9.78 Å². The third kappa shape index (κ3) is 3.08. The largest absolute Gasteiger partial charge is 0.505 e. The molecule has 2 aromatic rings. The van der Waals surface area contributed by atoms with Crippen LogP contribution in [0, 0.1) is 0 Å². The maximum absolute atomic E-state index is 12.0. The maximum atomic E-state index is 12.0. The van der Waals surface area contributed by atoms with Crippen LogP contribution in [0.4, 0.5) is 0 Å². The monoisotopic (exact) mass is 258 g/mol. The van der Waals surface area contributed by atoms with Gasteiger partial charge in [0.05, 0.1) is 24.4 Å². The lowest BCUT2D eigenvalue weighted by Crippen LogP contribution is -2.30. The van der Waals surface area contributed by atoms with E-state index in [0.717, 1.165) is 5.56 Å². The summed E-state index contributed by atoms with van der Waals surface area (Å²) < 4.78 is 0. The topological polar surface area (TPSA) is 82.5 Å². The Kier molecular flexibility index (Phi) is 4.10. The Bertz CT molecular complexity index is 558. The highest BCUT2D eigenvalue weighted by atomic mass is 16.3.